The van der Waals surface area contributed by atoms with Crippen LogP contribution in [0.2, 0.25) is 0 Å². The second-order valence-corrected chi connectivity index (χ2v) is 4.41. The molecule has 0 saturated heterocycles. The summed E-state index contributed by atoms with van der Waals surface area (Å²) in [5, 5.41) is 10.5. The fraction of sp³-hybridized carbons (Fsp3) is 0.143. The zero-order valence-corrected chi connectivity index (χ0v) is 11.2. The molecule has 6 nitrogen and oxygen atoms in total. The Hall–Kier alpha value is -2.83. The van der Waals surface area contributed by atoms with E-state index in [2.05, 4.69) is 4.98 Å². The van der Waals surface area contributed by atoms with Crippen LogP contribution in [-0.4, -0.2) is 27.8 Å². The molecule has 0 unspecified atom stereocenters. The number of pyridine rings is 1. The van der Waals surface area contributed by atoms with Gasteiger partial charge < -0.3 is 4.90 Å². The number of nitrogens with zero attached hydrogens (tertiary/aromatic N) is 3. The number of aromatic nitrogens is 1. The monoisotopic (exact) mass is 289 g/mol. The second kappa shape index (κ2) is 6.08. The van der Waals surface area contributed by atoms with E-state index in [0.717, 1.165) is 12.1 Å². The fourth-order valence-electron chi connectivity index (χ4n) is 1.81. The molecule has 2 aromatic rings. The lowest BCUT2D eigenvalue weighted by Gasteiger charge is -2.16. The van der Waals surface area contributed by atoms with Gasteiger partial charge in [-0.25, -0.2) is 0 Å². The van der Waals surface area contributed by atoms with Crippen molar-refractivity contribution >= 4 is 11.6 Å². The summed E-state index contributed by atoms with van der Waals surface area (Å²) in [6.07, 6.45) is 1.61. The third-order valence-corrected chi connectivity index (χ3v) is 2.86. The average molecular weight is 289 g/mol. The summed E-state index contributed by atoms with van der Waals surface area (Å²) >= 11 is 0. The van der Waals surface area contributed by atoms with Gasteiger partial charge in [0.05, 0.1) is 17.2 Å². The van der Waals surface area contributed by atoms with Crippen LogP contribution in [0.4, 0.5) is 10.1 Å². The summed E-state index contributed by atoms with van der Waals surface area (Å²) in [4.78, 5) is 27.3. The van der Waals surface area contributed by atoms with Crippen molar-refractivity contribution in [2.24, 2.45) is 0 Å². The maximum absolute atomic E-state index is 13.5. The van der Waals surface area contributed by atoms with Gasteiger partial charge in [-0.1, -0.05) is 6.07 Å². The Morgan fingerprint density at radius 2 is 2.14 bits per heavy atom. The minimum atomic E-state index is -1.03. The Kier molecular flexibility index (Phi) is 4.22. The largest absolute Gasteiger partial charge is 0.336 e. The molecule has 108 valence electrons. The normalized spacial score (nSPS) is 10.2. The number of carbonyl (C=O) groups excluding carboxylic acids is 1. The third kappa shape index (κ3) is 3.38. The molecular weight excluding hydrogens is 277 g/mol. The number of nitro benzene ring substituents is 1. The minimum Gasteiger partial charge on any atom is -0.336 e. The Balaban J connectivity index is 2.16. The molecule has 0 atom stereocenters. The van der Waals surface area contributed by atoms with Crippen molar-refractivity contribution in [1.82, 2.24) is 9.88 Å². The lowest BCUT2D eigenvalue weighted by molar-refractivity contribution is -0.387. The van der Waals surface area contributed by atoms with Crippen molar-refractivity contribution in [2.75, 3.05) is 7.05 Å². The van der Waals surface area contributed by atoms with Gasteiger partial charge in [0.15, 0.2) is 0 Å². The summed E-state index contributed by atoms with van der Waals surface area (Å²) < 4.78 is 13.5. The number of hydrogen-bond donors (Lipinski definition) is 0. The van der Waals surface area contributed by atoms with Crippen molar-refractivity contribution < 1.29 is 14.1 Å². The smallest absolute Gasteiger partial charge is 0.304 e. The van der Waals surface area contributed by atoms with Gasteiger partial charge in [0, 0.05) is 24.9 Å². The summed E-state index contributed by atoms with van der Waals surface area (Å²) in [6.45, 7) is 0.262. The fourth-order valence-corrected chi connectivity index (χ4v) is 1.81. The Morgan fingerprint density at radius 3 is 2.71 bits per heavy atom. The standard InChI is InChI=1S/C14H12FN3O3/c1-17(9-11-4-2-3-7-16-11)14(19)10-5-6-13(18(20)21)12(15)8-10/h2-8H,9H2,1H3. The highest BCUT2D eigenvalue weighted by molar-refractivity contribution is 5.94. The third-order valence-electron chi connectivity index (χ3n) is 2.86. The molecule has 1 aromatic carbocycles. The van der Waals surface area contributed by atoms with Gasteiger partial charge in [-0.15, -0.1) is 0 Å². The van der Waals surface area contributed by atoms with Gasteiger partial charge >= 0.3 is 5.69 Å². The topological polar surface area (TPSA) is 76.3 Å². The van der Waals surface area contributed by atoms with Crippen LogP contribution in [0.25, 0.3) is 0 Å². The Bertz CT molecular complexity index is 676. The number of nitro groups is 1. The molecule has 2 rings (SSSR count). The summed E-state index contributed by atoms with van der Waals surface area (Å²) in [5.41, 5.74) is 0.0891. The molecule has 0 N–H and O–H groups in total. The quantitative estimate of drug-likeness (QED) is 0.639. The SMILES string of the molecule is CN(Cc1ccccn1)C(=O)c1ccc([N+](=O)[O-])c(F)c1. The van der Waals surface area contributed by atoms with E-state index in [4.69, 9.17) is 0 Å². The van der Waals surface area contributed by atoms with Crippen molar-refractivity contribution in [3.63, 3.8) is 0 Å². The van der Waals surface area contributed by atoms with Gasteiger partial charge in [0.1, 0.15) is 0 Å². The van der Waals surface area contributed by atoms with E-state index in [1.54, 1.807) is 31.4 Å². The van der Waals surface area contributed by atoms with E-state index < -0.39 is 22.3 Å². The number of rotatable bonds is 4. The second-order valence-electron chi connectivity index (χ2n) is 4.41. The number of halogens is 1. The van der Waals surface area contributed by atoms with Gasteiger partial charge in [-0.2, -0.15) is 4.39 Å². The zero-order valence-electron chi connectivity index (χ0n) is 11.2. The Labute approximate surface area is 120 Å². The summed E-state index contributed by atoms with van der Waals surface area (Å²) in [5.74, 6) is -1.47. The van der Waals surface area contributed by atoms with Crippen LogP contribution >= 0.6 is 0 Å². The van der Waals surface area contributed by atoms with Crippen LogP contribution < -0.4 is 0 Å². The predicted octanol–water partition coefficient (Wildman–Crippen LogP) is 2.40. The zero-order chi connectivity index (χ0) is 15.4. The van der Waals surface area contributed by atoms with Crippen molar-refractivity contribution in [1.29, 1.82) is 0 Å². The van der Waals surface area contributed by atoms with Crippen LogP contribution in [0.1, 0.15) is 16.1 Å². The highest BCUT2D eigenvalue weighted by atomic mass is 19.1. The summed E-state index contributed by atoms with van der Waals surface area (Å²) in [6, 6.07) is 8.41. The average Bonchev–Trinajstić information content (AvgIpc) is 2.47. The minimum absolute atomic E-state index is 0.0523. The van der Waals surface area contributed by atoms with Crippen LogP contribution in [0.3, 0.4) is 0 Å². The van der Waals surface area contributed by atoms with E-state index >= 15 is 0 Å². The molecule has 1 amide bonds. The van der Waals surface area contributed by atoms with Crippen molar-refractivity contribution in [3.8, 4) is 0 Å². The van der Waals surface area contributed by atoms with Crippen LogP contribution in [0.5, 0.6) is 0 Å². The lowest BCUT2D eigenvalue weighted by atomic mass is 10.1. The van der Waals surface area contributed by atoms with E-state index in [0.29, 0.717) is 5.69 Å². The molecule has 0 aliphatic heterocycles. The molecule has 0 saturated carbocycles. The Morgan fingerprint density at radius 1 is 1.38 bits per heavy atom. The van der Waals surface area contributed by atoms with Crippen molar-refractivity contribution in [2.45, 2.75) is 6.54 Å². The number of benzene rings is 1. The molecule has 0 radical (unpaired) electrons. The molecule has 1 aromatic heterocycles. The maximum atomic E-state index is 13.5. The van der Waals surface area contributed by atoms with E-state index in [1.807, 2.05) is 0 Å². The number of hydrogen-bond acceptors (Lipinski definition) is 4. The van der Waals surface area contributed by atoms with Crippen LogP contribution in [-0.2, 0) is 6.54 Å². The molecule has 0 aliphatic rings. The van der Waals surface area contributed by atoms with Crippen molar-refractivity contribution in [3.05, 3.63) is 69.8 Å². The maximum Gasteiger partial charge on any atom is 0.304 e. The first kappa shape index (κ1) is 14.6. The molecule has 21 heavy (non-hydrogen) atoms. The molecule has 0 fully saturated rings. The van der Waals surface area contributed by atoms with Gasteiger partial charge in [0.25, 0.3) is 5.91 Å². The first-order valence-corrected chi connectivity index (χ1v) is 6.08. The molecular formula is C14H12FN3O3. The molecule has 0 aliphatic carbocycles. The molecule has 1 heterocycles. The van der Waals surface area contributed by atoms with Gasteiger partial charge in [-0.3, -0.25) is 19.9 Å². The lowest BCUT2D eigenvalue weighted by Crippen LogP contribution is -2.26. The predicted molar refractivity (Wildman–Crippen MR) is 73.1 cm³/mol. The van der Waals surface area contributed by atoms with E-state index in [-0.39, 0.29) is 12.1 Å². The first-order valence-electron chi connectivity index (χ1n) is 6.08. The summed E-state index contributed by atoms with van der Waals surface area (Å²) in [7, 11) is 1.55. The van der Waals surface area contributed by atoms with E-state index in [9.17, 15) is 19.3 Å². The highest BCUT2D eigenvalue weighted by Crippen LogP contribution is 2.19. The molecule has 7 heteroatoms. The number of carbonyl (C=O) groups is 1. The number of amides is 1. The van der Waals surface area contributed by atoms with Crippen LogP contribution in [0, 0.1) is 15.9 Å². The van der Waals surface area contributed by atoms with Crippen LogP contribution in [0.15, 0.2) is 42.6 Å². The molecule has 0 spiro atoms. The highest BCUT2D eigenvalue weighted by Gasteiger charge is 2.19. The van der Waals surface area contributed by atoms with Gasteiger partial charge in [0.2, 0.25) is 5.82 Å². The first-order chi connectivity index (χ1) is 9.99. The molecule has 0 bridgehead atoms. The van der Waals surface area contributed by atoms with E-state index in [1.165, 1.54) is 11.0 Å². The van der Waals surface area contributed by atoms with Gasteiger partial charge in [-0.05, 0) is 24.3 Å².